The highest BCUT2D eigenvalue weighted by molar-refractivity contribution is 7.12. The molecule has 2 nitrogen and oxygen atoms in total. The highest BCUT2D eigenvalue weighted by atomic mass is 32.1. The summed E-state index contributed by atoms with van der Waals surface area (Å²) in [6.07, 6.45) is -0.697. The molecule has 1 rings (SSSR count). The fraction of sp³-hybridized carbons (Fsp3) is 0.545. The van der Waals surface area contributed by atoms with E-state index in [2.05, 4.69) is 6.07 Å². The molecule has 0 aromatic carbocycles. The Hall–Kier alpha value is -0.850. The topological polar surface area (TPSA) is 44.0 Å². The number of aryl methyl sites for hydroxylation is 2. The van der Waals surface area contributed by atoms with E-state index < -0.39 is 11.5 Å². The molecule has 0 aliphatic rings. The molecule has 14 heavy (non-hydrogen) atoms. The normalized spacial score (nSPS) is 13.7. The van der Waals surface area contributed by atoms with Gasteiger partial charge in [0.05, 0.1) is 17.6 Å². The fourth-order valence-electron chi connectivity index (χ4n) is 1.37. The summed E-state index contributed by atoms with van der Waals surface area (Å²) in [4.78, 5) is 2.27. The van der Waals surface area contributed by atoms with Crippen LogP contribution >= 0.6 is 11.3 Å². The van der Waals surface area contributed by atoms with Crippen LogP contribution in [0.4, 0.5) is 0 Å². The number of hydrogen-bond acceptors (Lipinski definition) is 3. The van der Waals surface area contributed by atoms with Gasteiger partial charge in [-0.3, -0.25) is 0 Å². The molecule has 0 fully saturated rings. The monoisotopic (exact) mass is 209 g/mol. The SMILES string of the molecule is Cc1cc(C(O)C(C)(C)C#N)c(C)s1. The maximum Gasteiger partial charge on any atom is 0.0981 e. The van der Waals surface area contributed by atoms with Gasteiger partial charge in [-0.2, -0.15) is 5.26 Å². The summed E-state index contributed by atoms with van der Waals surface area (Å²) in [7, 11) is 0. The van der Waals surface area contributed by atoms with Crippen LogP contribution in [0.25, 0.3) is 0 Å². The van der Waals surface area contributed by atoms with Crippen molar-refractivity contribution in [2.45, 2.75) is 33.8 Å². The Morgan fingerprint density at radius 1 is 1.50 bits per heavy atom. The molecule has 1 N–H and O–H groups in total. The number of hydrogen-bond donors (Lipinski definition) is 1. The second-order valence-electron chi connectivity index (χ2n) is 4.10. The maximum atomic E-state index is 10.0. The number of thiophene rings is 1. The second kappa shape index (κ2) is 3.72. The lowest BCUT2D eigenvalue weighted by molar-refractivity contribution is 0.0866. The molecule has 0 saturated carbocycles. The van der Waals surface area contributed by atoms with E-state index in [0.717, 1.165) is 10.4 Å². The first-order chi connectivity index (χ1) is 6.38. The Bertz CT molecular complexity index is 373. The van der Waals surface area contributed by atoms with Crippen LogP contribution in [0.1, 0.15) is 35.3 Å². The third-order valence-electron chi connectivity index (χ3n) is 2.35. The summed E-state index contributed by atoms with van der Waals surface area (Å²) < 4.78 is 0. The number of nitrogens with zero attached hydrogens (tertiary/aromatic N) is 1. The largest absolute Gasteiger partial charge is 0.387 e. The van der Waals surface area contributed by atoms with Gasteiger partial charge in [0.2, 0.25) is 0 Å². The summed E-state index contributed by atoms with van der Waals surface area (Å²) in [6.45, 7) is 7.49. The lowest BCUT2D eigenvalue weighted by atomic mass is 9.84. The lowest BCUT2D eigenvalue weighted by Crippen LogP contribution is -2.19. The molecule has 0 aliphatic carbocycles. The van der Waals surface area contributed by atoms with Gasteiger partial charge < -0.3 is 5.11 Å². The van der Waals surface area contributed by atoms with Crippen molar-refractivity contribution in [3.05, 3.63) is 21.4 Å². The van der Waals surface area contributed by atoms with Crippen molar-refractivity contribution < 1.29 is 5.11 Å². The molecule has 1 aromatic rings. The van der Waals surface area contributed by atoms with Crippen LogP contribution in [-0.4, -0.2) is 5.11 Å². The third kappa shape index (κ3) is 1.97. The van der Waals surface area contributed by atoms with Gasteiger partial charge in [0.1, 0.15) is 0 Å². The summed E-state index contributed by atoms with van der Waals surface area (Å²) in [5, 5.41) is 18.9. The van der Waals surface area contributed by atoms with Gasteiger partial charge in [0.15, 0.2) is 0 Å². The van der Waals surface area contributed by atoms with E-state index in [0.29, 0.717) is 0 Å². The van der Waals surface area contributed by atoms with Crippen LogP contribution in [0.2, 0.25) is 0 Å². The lowest BCUT2D eigenvalue weighted by Gasteiger charge is -2.22. The third-order valence-corrected chi connectivity index (χ3v) is 3.33. The summed E-state index contributed by atoms with van der Waals surface area (Å²) >= 11 is 1.65. The first-order valence-corrected chi connectivity index (χ1v) is 5.36. The fourth-order valence-corrected chi connectivity index (χ4v) is 2.33. The van der Waals surface area contributed by atoms with Gasteiger partial charge in [0.25, 0.3) is 0 Å². The standard InChI is InChI=1S/C11H15NOS/c1-7-5-9(8(2)14-7)10(13)11(3,4)6-12/h5,10,13H,1-4H3. The van der Waals surface area contributed by atoms with Crippen molar-refractivity contribution in [2.75, 3.05) is 0 Å². The van der Waals surface area contributed by atoms with Gasteiger partial charge in [-0.25, -0.2) is 0 Å². The van der Waals surface area contributed by atoms with Crippen LogP contribution in [0.3, 0.4) is 0 Å². The molecule has 1 unspecified atom stereocenters. The molecule has 1 heterocycles. The maximum absolute atomic E-state index is 10.0. The van der Waals surface area contributed by atoms with Crippen LogP contribution in [0, 0.1) is 30.6 Å². The molecule has 0 bridgehead atoms. The predicted octanol–water partition coefficient (Wildman–Crippen LogP) is 2.95. The number of nitriles is 1. The van der Waals surface area contributed by atoms with E-state index in [1.807, 2.05) is 19.9 Å². The van der Waals surface area contributed by atoms with Crippen LogP contribution in [0.5, 0.6) is 0 Å². The Morgan fingerprint density at radius 2 is 2.07 bits per heavy atom. The molecule has 0 saturated heterocycles. The minimum Gasteiger partial charge on any atom is -0.387 e. The quantitative estimate of drug-likeness (QED) is 0.813. The first kappa shape index (κ1) is 11.2. The van der Waals surface area contributed by atoms with E-state index in [1.165, 1.54) is 4.88 Å². The van der Waals surface area contributed by atoms with Crippen molar-refractivity contribution >= 4 is 11.3 Å². The summed E-state index contributed by atoms with van der Waals surface area (Å²) in [5.74, 6) is 0. The van der Waals surface area contributed by atoms with Crippen LogP contribution < -0.4 is 0 Å². The van der Waals surface area contributed by atoms with Gasteiger partial charge in [0, 0.05) is 9.75 Å². The molecule has 3 heteroatoms. The summed E-state index contributed by atoms with van der Waals surface area (Å²) in [6, 6.07) is 4.09. The first-order valence-electron chi connectivity index (χ1n) is 4.54. The molecule has 1 atom stereocenters. The Labute approximate surface area is 88.8 Å². The van der Waals surface area contributed by atoms with E-state index in [4.69, 9.17) is 5.26 Å². The Kier molecular flexibility index (Phi) is 2.98. The molecule has 0 radical (unpaired) electrons. The zero-order chi connectivity index (χ0) is 10.9. The minimum absolute atomic E-state index is 0.697. The summed E-state index contributed by atoms with van der Waals surface area (Å²) in [5.41, 5.74) is 0.164. The van der Waals surface area contributed by atoms with E-state index in [1.54, 1.807) is 25.2 Å². The Morgan fingerprint density at radius 3 is 2.43 bits per heavy atom. The van der Waals surface area contributed by atoms with Crippen molar-refractivity contribution in [1.29, 1.82) is 5.26 Å². The average Bonchev–Trinajstić information content (AvgIpc) is 2.44. The zero-order valence-corrected chi connectivity index (χ0v) is 9.77. The van der Waals surface area contributed by atoms with E-state index in [-0.39, 0.29) is 0 Å². The number of aliphatic hydroxyl groups excluding tert-OH is 1. The van der Waals surface area contributed by atoms with Gasteiger partial charge in [-0.15, -0.1) is 11.3 Å². The molecule has 0 amide bonds. The molecule has 0 spiro atoms. The molecule has 0 aliphatic heterocycles. The average molecular weight is 209 g/mol. The van der Waals surface area contributed by atoms with E-state index >= 15 is 0 Å². The van der Waals surface area contributed by atoms with Crippen molar-refractivity contribution in [3.63, 3.8) is 0 Å². The highest BCUT2D eigenvalue weighted by Gasteiger charge is 2.30. The van der Waals surface area contributed by atoms with Gasteiger partial charge >= 0.3 is 0 Å². The molecule has 1 aromatic heterocycles. The molecule has 76 valence electrons. The van der Waals surface area contributed by atoms with Crippen molar-refractivity contribution in [3.8, 4) is 6.07 Å². The van der Waals surface area contributed by atoms with Crippen LogP contribution in [0.15, 0.2) is 6.07 Å². The molecular formula is C11H15NOS. The highest BCUT2D eigenvalue weighted by Crippen LogP contribution is 2.37. The zero-order valence-electron chi connectivity index (χ0n) is 8.96. The predicted molar refractivity (Wildman–Crippen MR) is 58.1 cm³/mol. The minimum atomic E-state index is -0.724. The smallest absolute Gasteiger partial charge is 0.0981 e. The van der Waals surface area contributed by atoms with Gasteiger partial charge in [-0.1, -0.05) is 0 Å². The van der Waals surface area contributed by atoms with Crippen LogP contribution in [-0.2, 0) is 0 Å². The second-order valence-corrected chi connectivity index (χ2v) is 5.57. The van der Waals surface area contributed by atoms with Crippen molar-refractivity contribution in [2.24, 2.45) is 5.41 Å². The van der Waals surface area contributed by atoms with Gasteiger partial charge in [-0.05, 0) is 39.3 Å². The Balaban J connectivity index is 3.07. The molecular weight excluding hydrogens is 194 g/mol. The number of aliphatic hydroxyl groups is 1. The van der Waals surface area contributed by atoms with Crippen molar-refractivity contribution in [1.82, 2.24) is 0 Å². The number of rotatable bonds is 2. The van der Waals surface area contributed by atoms with E-state index in [9.17, 15) is 5.11 Å².